The highest BCUT2D eigenvalue weighted by Gasteiger charge is 2.34. The maximum Gasteiger partial charge on any atom is 0.302 e. The van der Waals surface area contributed by atoms with Gasteiger partial charge in [0.15, 0.2) is 0 Å². The van der Waals surface area contributed by atoms with Crippen LogP contribution in [0.25, 0.3) is 0 Å². The number of anilines is 1. The lowest BCUT2D eigenvalue weighted by molar-refractivity contribution is -0.117. The Bertz CT molecular complexity index is 663. The highest BCUT2D eigenvalue weighted by Crippen LogP contribution is 2.32. The number of carbonyl (C=O) groups excluding carboxylic acids is 1. The van der Waals surface area contributed by atoms with Crippen molar-refractivity contribution < 1.29 is 21.5 Å². The van der Waals surface area contributed by atoms with Crippen molar-refractivity contribution in [3.8, 4) is 0 Å². The van der Waals surface area contributed by atoms with Gasteiger partial charge in [-0.3, -0.25) is 4.79 Å². The van der Waals surface area contributed by atoms with E-state index < -0.39 is 27.7 Å². The molecular weight excluding hydrogens is 356 g/mol. The predicted molar refractivity (Wildman–Crippen MR) is 74.2 cm³/mol. The molecule has 4 nitrogen and oxygen atoms in total. The second kappa shape index (κ2) is 5.40. The molecule has 0 N–H and O–H groups in total. The van der Waals surface area contributed by atoms with Gasteiger partial charge in [-0.2, -0.15) is 8.42 Å². The summed E-state index contributed by atoms with van der Waals surface area (Å²) in [6, 6.07) is 3.05. The average molecular weight is 368 g/mol. The van der Waals surface area contributed by atoms with Gasteiger partial charge >= 0.3 is 10.2 Å². The summed E-state index contributed by atoms with van der Waals surface area (Å²) in [7, 11) is -4.62. The molecule has 2 rings (SSSR count). The first-order valence-electron chi connectivity index (χ1n) is 5.86. The number of rotatable bonds is 3. The van der Waals surface area contributed by atoms with Crippen molar-refractivity contribution in [2.45, 2.75) is 13.3 Å². The van der Waals surface area contributed by atoms with Gasteiger partial charge in [0.1, 0.15) is 5.82 Å². The monoisotopic (exact) mass is 367 g/mol. The van der Waals surface area contributed by atoms with Crippen LogP contribution in [0, 0.1) is 18.7 Å². The normalized spacial score (nSPS) is 19.7. The van der Waals surface area contributed by atoms with Crippen molar-refractivity contribution in [3.63, 3.8) is 0 Å². The molecule has 0 saturated carbocycles. The molecule has 0 aliphatic carbocycles. The van der Waals surface area contributed by atoms with E-state index in [2.05, 4.69) is 15.9 Å². The molecule has 20 heavy (non-hydrogen) atoms. The lowest BCUT2D eigenvalue weighted by Crippen LogP contribution is -2.26. The topological polar surface area (TPSA) is 54.5 Å². The van der Waals surface area contributed by atoms with Crippen LogP contribution in [0.2, 0.25) is 0 Å². The van der Waals surface area contributed by atoms with Gasteiger partial charge in [-0.05, 0) is 35.0 Å². The molecule has 8 heteroatoms. The van der Waals surface area contributed by atoms with Crippen molar-refractivity contribution in [2.24, 2.45) is 5.92 Å². The second-order valence-electron chi connectivity index (χ2n) is 4.79. The minimum absolute atomic E-state index is 0.0553. The summed E-state index contributed by atoms with van der Waals surface area (Å²) in [5.74, 6) is -2.10. The van der Waals surface area contributed by atoms with E-state index in [1.807, 2.05) is 0 Å². The fraction of sp³-hybridized carbons (Fsp3) is 0.417. The van der Waals surface area contributed by atoms with Crippen molar-refractivity contribution >= 4 is 37.7 Å². The Morgan fingerprint density at radius 3 is 2.70 bits per heavy atom. The zero-order valence-electron chi connectivity index (χ0n) is 10.6. The Morgan fingerprint density at radius 2 is 2.10 bits per heavy atom. The SMILES string of the molecule is Cc1c(N2CC(CS(=O)(=O)F)CC2=O)ccc(Br)c1F. The highest BCUT2D eigenvalue weighted by atomic mass is 79.9. The van der Waals surface area contributed by atoms with E-state index >= 15 is 0 Å². The van der Waals surface area contributed by atoms with Crippen LogP contribution in [0.1, 0.15) is 12.0 Å². The Balaban J connectivity index is 2.27. The standard InChI is InChI=1S/C12H12BrF2NO3S/c1-7-10(3-2-9(13)12(7)14)16-5-8(4-11(16)17)6-20(15,18)19/h2-3,8H,4-6H2,1H3. The van der Waals surface area contributed by atoms with E-state index in [1.54, 1.807) is 6.07 Å². The third-order valence-corrected chi connectivity index (χ3v) is 4.72. The summed E-state index contributed by atoms with van der Waals surface area (Å²) >= 11 is 3.05. The Kier molecular flexibility index (Phi) is 4.15. The molecule has 1 atom stereocenters. The lowest BCUT2D eigenvalue weighted by Gasteiger charge is -2.19. The molecule has 1 aliphatic heterocycles. The first-order chi connectivity index (χ1) is 9.19. The van der Waals surface area contributed by atoms with Crippen molar-refractivity contribution in [3.05, 3.63) is 28.0 Å². The molecular formula is C12H12BrF2NO3S. The van der Waals surface area contributed by atoms with Gasteiger partial charge < -0.3 is 4.90 Å². The molecule has 1 aromatic carbocycles. The number of hydrogen-bond donors (Lipinski definition) is 0. The summed E-state index contributed by atoms with van der Waals surface area (Å²) in [5.41, 5.74) is 0.672. The summed E-state index contributed by atoms with van der Waals surface area (Å²) < 4.78 is 48.0. The van der Waals surface area contributed by atoms with Crippen LogP contribution in [0.4, 0.5) is 14.0 Å². The highest BCUT2D eigenvalue weighted by molar-refractivity contribution is 9.10. The number of carbonyl (C=O) groups is 1. The predicted octanol–water partition coefficient (Wildman–Crippen LogP) is 2.55. The van der Waals surface area contributed by atoms with Gasteiger partial charge in [-0.15, -0.1) is 3.89 Å². The van der Waals surface area contributed by atoms with Crippen LogP contribution in [0.3, 0.4) is 0 Å². The average Bonchev–Trinajstić information content (AvgIpc) is 2.65. The summed E-state index contributed by atoms with van der Waals surface area (Å²) in [4.78, 5) is 13.2. The van der Waals surface area contributed by atoms with Gasteiger partial charge in [0.25, 0.3) is 0 Å². The van der Waals surface area contributed by atoms with Crippen LogP contribution in [0.5, 0.6) is 0 Å². The van der Waals surface area contributed by atoms with E-state index in [0.717, 1.165) is 0 Å². The number of hydrogen-bond acceptors (Lipinski definition) is 3. The van der Waals surface area contributed by atoms with Gasteiger partial charge in [0.05, 0.1) is 10.2 Å². The number of amides is 1. The molecule has 110 valence electrons. The van der Waals surface area contributed by atoms with Crippen LogP contribution in [-0.4, -0.2) is 26.6 Å². The fourth-order valence-electron chi connectivity index (χ4n) is 2.34. The molecule has 1 amide bonds. The minimum atomic E-state index is -4.62. The smallest absolute Gasteiger partial charge is 0.302 e. The molecule has 1 fully saturated rings. The largest absolute Gasteiger partial charge is 0.312 e. The first-order valence-corrected chi connectivity index (χ1v) is 8.21. The number of benzene rings is 1. The summed E-state index contributed by atoms with van der Waals surface area (Å²) in [6.07, 6.45) is -0.0553. The molecule has 1 unspecified atom stereocenters. The molecule has 1 heterocycles. The number of halogens is 3. The molecule has 0 bridgehead atoms. The van der Waals surface area contributed by atoms with Crippen LogP contribution >= 0.6 is 15.9 Å². The summed E-state index contributed by atoms with van der Waals surface area (Å²) in [5, 5.41) is 0. The van der Waals surface area contributed by atoms with Gasteiger partial charge in [-0.1, -0.05) is 0 Å². The molecule has 0 aromatic heterocycles. The third kappa shape index (κ3) is 3.17. The second-order valence-corrected chi connectivity index (χ2v) is 7.05. The van der Waals surface area contributed by atoms with Crippen LogP contribution in [0.15, 0.2) is 16.6 Å². The van der Waals surface area contributed by atoms with E-state index in [0.29, 0.717) is 5.69 Å². The van der Waals surface area contributed by atoms with Gasteiger partial charge in [0, 0.05) is 30.1 Å². The summed E-state index contributed by atoms with van der Waals surface area (Å²) in [6.45, 7) is 1.60. The van der Waals surface area contributed by atoms with E-state index in [4.69, 9.17) is 0 Å². The maximum absolute atomic E-state index is 13.8. The third-order valence-electron chi connectivity index (χ3n) is 3.24. The van der Waals surface area contributed by atoms with E-state index in [9.17, 15) is 21.5 Å². The Morgan fingerprint density at radius 1 is 1.45 bits per heavy atom. The fourth-order valence-corrected chi connectivity index (χ4v) is 3.56. The molecule has 0 radical (unpaired) electrons. The Labute approximate surface area is 124 Å². The zero-order valence-corrected chi connectivity index (χ0v) is 13.0. The van der Waals surface area contributed by atoms with Gasteiger partial charge in [-0.25, -0.2) is 4.39 Å². The van der Waals surface area contributed by atoms with Crippen molar-refractivity contribution in [2.75, 3.05) is 17.2 Å². The molecule has 1 aromatic rings. The van der Waals surface area contributed by atoms with Crippen LogP contribution < -0.4 is 4.90 Å². The van der Waals surface area contributed by atoms with Crippen molar-refractivity contribution in [1.29, 1.82) is 0 Å². The zero-order chi connectivity index (χ0) is 15.1. The van der Waals surface area contributed by atoms with E-state index in [-0.39, 0.29) is 28.9 Å². The molecule has 1 saturated heterocycles. The van der Waals surface area contributed by atoms with Crippen LogP contribution in [-0.2, 0) is 15.0 Å². The number of nitrogens with zero attached hydrogens (tertiary/aromatic N) is 1. The molecule has 1 aliphatic rings. The van der Waals surface area contributed by atoms with E-state index in [1.165, 1.54) is 17.9 Å². The minimum Gasteiger partial charge on any atom is -0.312 e. The first kappa shape index (κ1) is 15.4. The van der Waals surface area contributed by atoms with Gasteiger partial charge in [0.2, 0.25) is 5.91 Å². The van der Waals surface area contributed by atoms with Crippen molar-refractivity contribution in [1.82, 2.24) is 0 Å². The maximum atomic E-state index is 13.8. The quantitative estimate of drug-likeness (QED) is 0.771. The molecule has 0 spiro atoms. The lowest BCUT2D eigenvalue weighted by atomic mass is 10.1. The Hall–Kier alpha value is -1.02.